The summed E-state index contributed by atoms with van der Waals surface area (Å²) in [5, 5.41) is 11.6. The molecule has 4 nitrogen and oxygen atoms in total. The number of benzene rings is 1. The number of nitriles is 1. The number of carbonyl (C=O) groups excluding carboxylic acids is 1. The monoisotopic (exact) mass is 375 g/mol. The Balaban J connectivity index is 2.15. The molecule has 1 aromatic carbocycles. The molecule has 0 aliphatic rings. The molecule has 0 unspecified atom stereocenters. The van der Waals surface area contributed by atoms with Crippen molar-refractivity contribution in [2.45, 2.75) is 26.3 Å². The second kappa shape index (κ2) is 9.00. The minimum Gasteiger partial charge on any atom is -0.310 e. The van der Waals surface area contributed by atoms with Crippen molar-refractivity contribution in [3.63, 3.8) is 0 Å². The number of hydrogen-bond donors (Lipinski definition) is 0. The van der Waals surface area contributed by atoms with E-state index in [0.717, 1.165) is 11.3 Å². The van der Waals surface area contributed by atoms with Crippen molar-refractivity contribution in [2.24, 2.45) is 0 Å². The molecule has 0 fully saturated rings. The highest BCUT2D eigenvalue weighted by Crippen LogP contribution is 2.25. The van der Waals surface area contributed by atoms with E-state index in [1.807, 2.05) is 42.5 Å². The molecule has 1 aromatic heterocycles. The van der Waals surface area contributed by atoms with Gasteiger partial charge in [-0.2, -0.15) is 5.26 Å². The number of nitrogens with zero attached hydrogens (tertiary/aromatic N) is 3. The summed E-state index contributed by atoms with van der Waals surface area (Å²) in [5.74, 6) is -0.0251. The van der Waals surface area contributed by atoms with Gasteiger partial charge in [0.1, 0.15) is 0 Å². The maximum atomic E-state index is 12.9. The third kappa shape index (κ3) is 5.05. The van der Waals surface area contributed by atoms with Crippen LogP contribution in [0, 0.1) is 18.3 Å². The number of carbonyl (C=O) groups is 1. The molecule has 2 rings (SSSR count). The number of amides is 1. The quantitative estimate of drug-likeness (QED) is 0.707. The predicted octanol–water partition coefficient (Wildman–Crippen LogP) is 4.65. The van der Waals surface area contributed by atoms with Gasteiger partial charge in [0.15, 0.2) is 0 Å². The number of rotatable bonds is 7. The van der Waals surface area contributed by atoms with Gasteiger partial charge in [-0.3, -0.25) is 9.69 Å². The molecule has 2 aromatic rings. The van der Waals surface area contributed by atoms with E-state index in [9.17, 15) is 4.79 Å². The Morgan fingerprint density at radius 2 is 2.16 bits per heavy atom. The van der Waals surface area contributed by atoms with Gasteiger partial charge in [-0.05, 0) is 56.1 Å². The first-order valence-electron chi connectivity index (χ1n) is 8.11. The molecule has 0 N–H and O–H groups in total. The summed E-state index contributed by atoms with van der Waals surface area (Å²) in [6.45, 7) is 4.65. The van der Waals surface area contributed by atoms with Gasteiger partial charge in [-0.1, -0.05) is 17.7 Å². The van der Waals surface area contributed by atoms with Crippen LogP contribution in [0.1, 0.15) is 29.8 Å². The second-order valence-corrected chi connectivity index (χ2v) is 7.38. The molecule has 0 aliphatic carbocycles. The van der Waals surface area contributed by atoms with Gasteiger partial charge in [-0.25, -0.2) is 0 Å². The van der Waals surface area contributed by atoms with Crippen LogP contribution >= 0.6 is 22.9 Å². The van der Waals surface area contributed by atoms with Crippen molar-refractivity contribution < 1.29 is 4.79 Å². The molecule has 1 amide bonds. The summed E-state index contributed by atoms with van der Waals surface area (Å²) < 4.78 is 0. The molecule has 0 radical (unpaired) electrons. The SMILES string of the molecule is Cc1cc(N(CCC#N)C(=O)CN(C)[C@@H](C)c2cccs2)ccc1Cl. The molecule has 0 saturated heterocycles. The van der Waals surface area contributed by atoms with Crippen LogP contribution in [-0.4, -0.2) is 30.9 Å². The fourth-order valence-electron chi connectivity index (χ4n) is 2.54. The number of anilines is 1. The van der Waals surface area contributed by atoms with Gasteiger partial charge in [0.25, 0.3) is 0 Å². The Labute approximate surface area is 158 Å². The van der Waals surface area contributed by atoms with Crippen molar-refractivity contribution in [1.82, 2.24) is 4.90 Å². The summed E-state index contributed by atoms with van der Waals surface area (Å²) >= 11 is 7.77. The van der Waals surface area contributed by atoms with Crippen molar-refractivity contribution in [2.75, 3.05) is 25.0 Å². The maximum Gasteiger partial charge on any atom is 0.241 e. The molecule has 1 atom stereocenters. The lowest BCUT2D eigenvalue weighted by Crippen LogP contribution is -2.40. The molecule has 25 heavy (non-hydrogen) atoms. The zero-order chi connectivity index (χ0) is 18.4. The number of halogens is 1. The number of hydrogen-bond acceptors (Lipinski definition) is 4. The van der Waals surface area contributed by atoms with Crippen LogP contribution in [0.4, 0.5) is 5.69 Å². The van der Waals surface area contributed by atoms with E-state index in [4.69, 9.17) is 16.9 Å². The molecule has 132 valence electrons. The Hall–Kier alpha value is -1.87. The first-order chi connectivity index (χ1) is 11.9. The Morgan fingerprint density at radius 3 is 2.76 bits per heavy atom. The van der Waals surface area contributed by atoms with Crippen LogP contribution in [0.5, 0.6) is 0 Å². The highest BCUT2D eigenvalue weighted by Gasteiger charge is 2.21. The standard InChI is InChI=1S/C19H22ClN3OS/c1-14-12-16(7-8-17(14)20)23(10-5-9-21)19(24)13-22(3)15(2)18-6-4-11-25-18/h4,6-8,11-12,15H,5,10,13H2,1-3H3/t15-/m0/s1. The highest BCUT2D eigenvalue weighted by molar-refractivity contribution is 7.10. The Morgan fingerprint density at radius 1 is 1.40 bits per heavy atom. The van der Waals surface area contributed by atoms with E-state index in [1.54, 1.807) is 22.3 Å². The molecule has 6 heteroatoms. The second-order valence-electron chi connectivity index (χ2n) is 5.99. The lowest BCUT2D eigenvalue weighted by atomic mass is 10.2. The Kier molecular flexibility index (Phi) is 7.01. The average Bonchev–Trinajstić information content (AvgIpc) is 3.12. The van der Waals surface area contributed by atoms with Crippen LogP contribution in [0.25, 0.3) is 0 Å². The molecular formula is C19H22ClN3OS. The van der Waals surface area contributed by atoms with Crippen LogP contribution in [-0.2, 0) is 4.79 Å². The number of aryl methyl sites for hydroxylation is 1. The third-order valence-corrected chi connectivity index (χ3v) is 5.67. The Bertz CT molecular complexity index is 755. The summed E-state index contributed by atoms with van der Waals surface area (Å²) in [4.78, 5) is 17.8. The van der Waals surface area contributed by atoms with Crippen LogP contribution < -0.4 is 4.90 Å². The first kappa shape index (κ1) is 19.5. The minimum atomic E-state index is -0.0251. The third-order valence-electron chi connectivity index (χ3n) is 4.20. The smallest absolute Gasteiger partial charge is 0.241 e. The lowest BCUT2D eigenvalue weighted by Gasteiger charge is -2.28. The predicted molar refractivity (Wildman–Crippen MR) is 104 cm³/mol. The van der Waals surface area contributed by atoms with E-state index >= 15 is 0 Å². The molecule has 0 bridgehead atoms. The topological polar surface area (TPSA) is 47.3 Å². The largest absolute Gasteiger partial charge is 0.310 e. The van der Waals surface area contributed by atoms with E-state index < -0.39 is 0 Å². The van der Waals surface area contributed by atoms with Crippen LogP contribution in [0.3, 0.4) is 0 Å². The maximum absolute atomic E-state index is 12.9. The van der Waals surface area contributed by atoms with Gasteiger partial charge in [0.2, 0.25) is 5.91 Å². The molecule has 0 spiro atoms. The van der Waals surface area contributed by atoms with Crippen LogP contribution in [0.15, 0.2) is 35.7 Å². The summed E-state index contributed by atoms with van der Waals surface area (Å²) in [7, 11) is 1.94. The normalized spacial score (nSPS) is 12.0. The highest BCUT2D eigenvalue weighted by atomic mass is 35.5. The van der Waals surface area contributed by atoms with Gasteiger partial charge < -0.3 is 4.90 Å². The summed E-state index contributed by atoms with van der Waals surface area (Å²) in [5.41, 5.74) is 1.69. The van der Waals surface area contributed by atoms with E-state index in [-0.39, 0.29) is 24.9 Å². The van der Waals surface area contributed by atoms with Gasteiger partial charge in [0.05, 0.1) is 19.0 Å². The molecule has 0 saturated carbocycles. The van der Waals surface area contributed by atoms with Gasteiger partial charge in [-0.15, -0.1) is 11.3 Å². The van der Waals surface area contributed by atoms with Crippen molar-refractivity contribution >= 4 is 34.5 Å². The first-order valence-corrected chi connectivity index (χ1v) is 9.37. The van der Waals surface area contributed by atoms with Gasteiger partial charge >= 0.3 is 0 Å². The fraction of sp³-hybridized carbons (Fsp3) is 0.368. The lowest BCUT2D eigenvalue weighted by molar-refractivity contribution is -0.119. The fourth-order valence-corrected chi connectivity index (χ4v) is 3.50. The van der Waals surface area contributed by atoms with E-state index in [1.165, 1.54) is 4.88 Å². The number of thiophene rings is 1. The number of likely N-dealkylation sites (N-methyl/N-ethyl adjacent to an activating group) is 1. The van der Waals surface area contributed by atoms with Crippen molar-refractivity contribution in [1.29, 1.82) is 5.26 Å². The average molecular weight is 376 g/mol. The zero-order valence-corrected chi connectivity index (χ0v) is 16.3. The van der Waals surface area contributed by atoms with Crippen molar-refractivity contribution in [3.8, 4) is 6.07 Å². The van der Waals surface area contributed by atoms with E-state index in [2.05, 4.69) is 19.1 Å². The molecule has 1 heterocycles. The zero-order valence-electron chi connectivity index (χ0n) is 14.7. The summed E-state index contributed by atoms with van der Waals surface area (Å²) in [6.07, 6.45) is 0.289. The molecular weight excluding hydrogens is 354 g/mol. The molecule has 0 aliphatic heterocycles. The van der Waals surface area contributed by atoms with Crippen LogP contribution in [0.2, 0.25) is 5.02 Å². The minimum absolute atomic E-state index is 0.0251. The summed E-state index contributed by atoms with van der Waals surface area (Å²) in [6, 6.07) is 11.9. The van der Waals surface area contributed by atoms with Gasteiger partial charge in [0, 0.05) is 28.2 Å². The van der Waals surface area contributed by atoms with E-state index in [0.29, 0.717) is 11.6 Å². The van der Waals surface area contributed by atoms with Crippen molar-refractivity contribution in [3.05, 3.63) is 51.2 Å².